The standard InChI is InChI=1S/C16H21FN2O3S/c17-16-9-15(6-5-13(16)10-18)22-11-14-4-2-1-3-12(14)7-8-19-23(20)21/h5-6,9,12,14,19H,1-4,7-8,11H2,(H,20,21)/p-1. The van der Waals surface area contributed by atoms with E-state index in [1.165, 1.54) is 12.1 Å². The topological polar surface area (TPSA) is 85.2 Å². The lowest BCUT2D eigenvalue weighted by Crippen LogP contribution is -2.29. The van der Waals surface area contributed by atoms with Gasteiger partial charge in [0.25, 0.3) is 0 Å². The number of benzene rings is 1. The highest BCUT2D eigenvalue weighted by molar-refractivity contribution is 7.77. The average Bonchev–Trinajstić information content (AvgIpc) is 2.54. The molecule has 1 fully saturated rings. The maximum Gasteiger partial charge on any atom is 0.144 e. The quantitative estimate of drug-likeness (QED) is 0.774. The Kier molecular flexibility index (Phi) is 6.96. The highest BCUT2D eigenvalue weighted by Gasteiger charge is 2.25. The number of hydrogen-bond acceptors (Lipinski definition) is 4. The van der Waals surface area contributed by atoms with Crippen molar-refractivity contribution in [3.05, 3.63) is 29.6 Å². The molecule has 1 N–H and O–H groups in total. The Balaban J connectivity index is 1.87. The van der Waals surface area contributed by atoms with Gasteiger partial charge in [0.1, 0.15) is 17.6 Å². The van der Waals surface area contributed by atoms with Crippen LogP contribution in [-0.2, 0) is 11.3 Å². The highest BCUT2D eigenvalue weighted by Crippen LogP contribution is 2.32. The molecule has 1 saturated carbocycles. The molecular formula is C16H20FN2O3S-. The van der Waals surface area contributed by atoms with Gasteiger partial charge >= 0.3 is 0 Å². The summed E-state index contributed by atoms with van der Waals surface area (Å²) in [7, 11) is 0. The largest absolute Gasteiger partial charge is 0.760 e. The monoisotopic (exact) mass is 339 g/mol. The normalized spacial score (nSPS) is 22.3. The predicted octanol–water partition coefficient (Wildman–Crippen LogP) is 2.66. The molecule has 1 aromatic carbocycles. The molecule has 0 radical (unpaired) electrons. The van der Waals surface area contributed by atoms with Crippen LogP contribution in [0.3, 0.4) is 0 Å². The van der Waals surface area contributed by atoms with E-state index < -0.39 is 17.1 Å². The van der Waals surface area contributed by atoms with E-state index in [0.29, 0.717) is 30.7 Å². The van der Waals surface area contributed by atoms with Crippen LogP contribution in [0.2, 0.25) is 0 Å². The first-order chi connectivity index (χ1) is 11.1. The zero-order valence-corrected chi connectivity index (χ0v) is 13.6. The molecule has 1 aliphatic carbocycles. The van der Waals surface area contributed by atoms with E-state index in [0.717, 1.165) is 32.1 Å². The minimum absolute atomic E-state index is 0.00424. The Morgan fingerprint density at radius 2 is 2.13 bits per heavy atom. The molecule has 0 bridgehead atoms. The van der Waals surface area contributed by atoms with Crippen molar-refractivity contribution in [1.82, 2.24) is 4.72 Å². The predicted molar refractivity (Wildman–Crippen MR) is 83.6 cm³/mol. The first kappa shape index (κ1) is 17.9. The minimum atomic E-state index is -2.22. The number of nitrogens with one attached hydrogen (secondary N) is 1. The van der Waals surface area contributed by atoms with E-state index in [1.54, 1.807) is 12.1 Å². The first-order valence-electron chi connectivity index (χ1n) is 7.75. The smallest absolute Gasteiger partial charge is 0.144 e. The third kappa shape index (κ3) is 5.57. The molecule has 0 amide bonds. The third-order valence-corrected chi connectivity index (χ3v) is 4.77. The molecule has 0 aliphatic heterocycles. The van der Waals surface area contributed by atoms with Gasteiger partial charge < -0.3 is 9.29 Å². The molecule has 1 aliphatic rings. The fourth-order valence-electron chi connectivity index (χ4n) is 3.09. The van der Waals surface area contributed by atoms with Crippen molar-refractivity contribution in [2.45, 2.75) is 32.1 Å². The van der Waals surface area contributed by atoms with Crippen molar-refractivity contribution >= 4 is 11.3 Å². The van der Waals surface area contributed by atoms with Crippen LogP contribution in [0.25, 0.3) is 0 Å². The molecule has 0 aromatic heterocycles. The van der Waals surface area contributed by atoms with Crippen LogP contribution in [0.5, 0.6) is 5.75 Å². The van der Waals surface area contributed by atoms with Gasteiger partial charge in [-0.15, -0.1) is 0 Å². The molecule has 7 heteroatoms. The lowest BCUT2D eigenvalue weighted by molar-refractivity contribution is 0.143. The lowest BCUT2D eigenvalue weighted by Gasteiger charge is -2.31. The molecule has 3 unspecified atom stereocenters. The Hall–Kier alpha value is -1.49. The summed E-state index contributed by atoms with van der Waals surface area (Å²) in [5.74, 6) is 0.587. The van der Waals surface area contributed by atoms with E-state index >= 15 is 0 Å². The van der Waals surface area contributed by atoms with Crippen molar-refractivity contribution in [3.63, 3.8) is 0 Å². The van der Waals surface area contributed by atoms with E-state index in [2.05, 4.69) is 4.72 Å². The molecule has 0 heterocycles. The van der Waals surface area contributed by atoms with Gasteiger partial charge in [-0.1, -0.05) is 19.3 Å². The van der Waals surface area contributed by atoms with Crippen molar-refractivity contribution in [3.8, 4) is 11.8 Å². The summed E-state index contributed by atoms with van der Waals surface area (Å²) in [5.41, 5.74) is 0.00424. The van der Waals surface area contributed by atoms with Crippen molar-refractivity contribution in [1.29, 1.82) is 5.26 Å². The molecular weight excluding hydrogens is 319 g/mol. The number of rotatable bonds is 7. The lowest BCUT2D eigenvalue weighted by atomic mass is 9.78. The van der Waals surface area contributed by atoms with Gasteiger partial charge in [0, 0.05) is 23.9 Å². The highest BCUT2D eigenvalue weighted by atomic mass is 32.2. The number of halogens is 1. The molecule has 1 aromatic rings. The van der Waals surface area contributed by atoms with Gasteiger partial charge in [0.2, 0.25) is 0 Å². The second-order valence-electron chi connectivity index (χ2n) is 5.79. The first-order valence-corrected chi connectivity index (χ1v) is 8.83. The maximum atomic E-state index is 13.6. The second kappa shape index (κ2) is 8.96. The van der Waals surface area contributed by atoms with Gasteiger partial charge in [-0.25, -0.2) is 9.11 Å². The fourth-order valence-corrected chi connectivity index (χ4v) is 3.38. The van der Waals surface area contributed by atoms with Gasteiger partial charge in [-0.05, 0) is 36.8 Å². The van der Waals surface area contributed by atoms with Crippen molar-refractivity contribution < 1.29 is 17.9 Å². The number of ether oxygens (including phenoxy) is 1. The Morgan fingerprint density at radius 1 is 1.39 bits per heavy atom. The zero-order valence-electron chi connectivity index (χ0n) is 12.8. The van der Waals surface area contributed by atoms with Crippen LogP contribution in [0.4, 0.5) is 4.39 Å². The second-order valence-corrected chi connectivity index (χ2v) is 6.54. The van der Waals surface area contributed by atoms with E-state index in [9.17, 15) is 13.2 Å². The molecule has 0 saturated heterocycles. The van der Waals surface area contributed by atoms with E-state index in [1.807, 2.05) is 0 Å². The van der Waals surface area contributed by atoms with Crippen LogP contribution in [-0.4, -0.2) is 21.9 Å². The maximum absolute atomic E-state index is 13.6. The summed E-state index contributed by atoms with van der Waals surface area (Å²) >= 11 is -2.22. The van der Waals surface area contributed by atoms with Crippen LogP contribution in [0, 0.1) is 29.0 Å². The summed E-state index contributed by atoms with van der Waals surface area (Å²) in [6.45, 7) is 0.916. The van der Waals surface area contributed by atoms with E-state index in [4.69, 9.17) is 10.00 Å². The third-order valence-electron chi connectivity index (χ3n) is 4.33. The van der Waals surface area contributed by atoms with Crippen molar-refractivity contribution in [2.24, 2.45) is 11.8 Å². The Morgan fingerprint density at radius 3 is 2.78 bits per heavy atom. The van der Waals surface area contributed by atoms with Gasteiger partial charge in [-0.2, -0.15) is 5.26 Å². The average molecular weight is 339 g/mol. The van der Waals surface area contributed by atoms with Gasteiger partial charge in [0.05, 0.1) is 12.2 Å². The number of nitriles is 1. The summed E-state index contributed by atoms with van der Waals surface area (Å²) in [4.78, 5) is 0. The summed E-state index contributed by atoms with van der Waals surface area (Å²) < 4.78 is 42.7. The zero-order chi connectivity index (χ0) is 16.7. The summed E-state index contributed by atoms with van der Waals surface area (Å²) in [5, 5.41) is 8.72. The summed E-state index contributed by atoms with van der Waals surface area (Å²) in [6.07, 6.45) is 5.15. The van der Waals surface area contributed by atoms with Crippen LogP contribution in [0.1, 0.15) is 37.7 Å². The molecule has 3 atom stereocenters. The SMILES string of the molecule is N#Cc1ccc(OCC2CCCCC2CCNS(=O)[O-])cc1F. The summed E-state index contributed by atoms with van der Waals surface area (Å²) in [6, 6.07) is 6.03. The van der Waals surface area contributed by atoms with E-state index in [-0.39, 0.29) is 5.56 Å². The van der Waals surface area contributed by atoms with Crippen molar-refractivity contribution in [2.75, 3.05) is 13.2 Å². The number of nitrogens with zero attached hydrogens (tertiary/aromatic N) is 1. The Labute approximate surface area is 138 Å². The molecule has 0 spiro atoms. The molecule has 23 heavy (non-hydrogen) atoms. The van der Waals surface area contributed by atoms with Gasteiger partial charge in [0.15, 0.2) is 0 Å². The molecule has 126 valence electrons. The van der Waals surface area contributed by atoms with Gasteiger partial charge in [-0.3, -0.25) is 4.21 Å². The fraction of sp³-hybridized carbons (Fsp3) is 0.562. The Bertz CT molecular complexity index is 591. The molecule has 2 rings (SSSR count). The van der Waals surface area contributed by atoms with Crippen LogP contribution >= 0.6 is 0 Å². The van der Waals surface area contributed by atoms with Crippen LogP contribution < -0.4 is 9.46 Å². The molecule has 5 nitrogen and oxygen atoms in total. The number of hydrogen-bond donors (Lipinski definition) is 1. The minimum Gasteiger partial charge on any atom is -0.760 e. The van der Waals surface area contributed by atoms with Crippen LogP contribution in [0.15, 0.2) is 18.2 Å².